The Hall–Kier alpha value is -4.15. The fraction of sp³-hybridized carbons (Fsp3) is 0.280. The monoisotopic (exact) mass is 499 g/mol. The molecule has 1 aliphatic rings. The molecule has 1 fully saturated rings. The molecule has 2 aromatic heterocycles. The van der Waals surface area contributed by atoms with Crippen LogP contribution in [-0.2, 0) is 6.18 Å². The Kier molecular flexibility index (Phi) is 7.37. The van der Waals surface area contributed by atoms with Crippen molar-refractivity contribution in [2.75, 3.05) is 25.5 Å². The SMILES string of the molecule is COc1cncc(NC(=O)N2CCC(=Cc3cccc(Oc4ccc(C(F)(F)F)nc4)c3)C(C)C2)n1. The Bertz CT molecular complexity index is 1250. The van der Waals surface area contributed by atoms with E-state index >= 15 is 0 Å². The summed E-state index contributed by atoms with van der Waals surface area (Å²) in [6.45, 7) is 3.11. The van der Waals surface area contributed by atoms with Gasteiger partial charge in [0.15, 0.2) is 5.82 Å². The number of piperidine rings is 1. The van der Waals surface area contributed by atoms with Crippen LogP contribution in [0.3, 0.4) is 0 Å². The summed E-state index contributed by atoms with van der Waals surface area (Å²) in [5, 5.41) is 2.74. The predicted molar refractivity (Wildman–Crippen MR) is 127 cm³/mol. The third-order valence-electron chi connectivity index (χ3n) is 5.61. The number of aromatic nitrogens is 3. The van der Waals surface area contributed by atoms with Crippen LogP contribution in [0.4, 0.5) is 23.8 Å². The average Bonchev–Trinajstić information content (AvgIpc) is 2.85. The largest absolute Gasteiger partial charge is 0.480 e. The van der Waals surface area contributed by atoms with E-state index in [-0.39, 0.29) is 17.7 Å². The third-order valence-corrected chi connectivity index (χ3v) is 5.61. The first-order valence-electron chi connectivity index (χ1n) is 11.1. The molecule has 2 amide bonds. The number of methoxy groups -OCH3 is 1. The molecular formula is C25H24F3N5O3. The first kappa shape index (κ1) is 25.0. The van der Waals surface area contributed by atoms with E-state index < -0.39 is 11.9 Å². The average molecular weight is 499 g/mol. The number of amides is 2. The molecule has 0 saturated carbocycles. The van der Waals surface area contributed by atoms with E-state index in [9.17, 15) is 18.0 Å². The van der Waals surface area contributed by atoms with Crippen molar-refractivity contribution in [1.82, 2.24) is 19.9 Å². The highest BCUT2D eigenvalue weighted by atomic mass is 19.4. The molecule has 0 spiro atoms. The van der Waals surface area contributed by atoms with E-state index in [1.54, 1.807) is 17.0 Å². The van der Waals surface area contributed by atoms with Crippen LogP contribution in [-0.4, -0.2) is 46.1 Å². The highest BCUT2D eigenvalue weighted by Crippen LogP contribution is 2.30. The van der Waals surface area contributed by atoms with E-state index in [1.807, 2.05) is 25.1 Å². The molecule has 11 heteroatoms. The number of pyridine rings is 1. The summed E-state index contributed by atoms with van der Waals surface area (Å²) >= 11 is 0. The summed E-state index contributed by atoms with van der Waals surface area (Å²) in [5.41, 5.74) is 1.09. The number of benzene rings is 1. The molecule has 4 rings (SSSR count). The Morgan fingerprint density at radius 3 is 2.69 bits per heavy atom. The summed E-state index contributed by atoms with van der Waals surface area (Å²) in [5.74, 6) is 1.43. The minimum atomic E-state index is -4.50. The smallest absolute Gasteiger partial charge is 0.433 e. The highest BCUT2D eigenvalue weighted by molar-refractivity contribution is 5.88. The number of hydrogen-bond acceptors (Lipinski definition) is 6. The van der Waals surface area contributed by atoms with Crippen molar-refractivity contribution >= 4 is 17.9 Å². The van der Waals surface area contributed by atoms with Crippen LogP contribution in [0, 0.1) is 5.92 Å². The second-order valence-electron chi connectivity index (χ2n) is 8.24. The van der Waals surface area contributed by atoms with Gasteiger partial charge in [-0.25, -0.2) is 9.78 Å². The van der Waals surface area contributed by atoms with Crippen LogP contribution >= 0.6 is 0 Å². The summed E-state index contributed by atoms with van der Waals surface area (Å²) < 4.78 is 48.8. The van der Waals surface area contributed by atoms with Gasteiger partial charge in [-0.1, -0.05) is 30.7 Å². The molecule has 1 aliphatic heterocycles. The van der Waals surface area contributed by atoms with Gasteiger partial charge in [0.2, 0.25) is 5.88 Å². The van der Waals surface area contributed by atoms with E-state index in [1.165, 1.54) is 31.1 Å². The topological polar surface area (TPSA) is 89.5 Å². The Balaban J connectivity index is 1.38. The van der Waals surface area contributed by atoms with Gasteiger partial charge in [-0.15, -0.1) is 0 Å². The van der Waals surface area contributed by atoms with Crippen LogP contribution in [0.25, 0.3) is 6.08 Å². The van der Waals surface area contributed by atoms with Crippen LogP contribution in [0.5, 0.6) is 17.4 Å². The Labute approximate surface area is 205 Å². The van der Waals surface area contributed by atoms with Crippen molar-refractivity contribution in [2.24, 2.45) is 5.92 Å². The predicted octanol–water partition coefficient (Wildman–Crippen LogP) is 5.65. The van der Waals surface area contributed by atoms with Crippen LogP contribution in [0.1, 0.15) is 24.6 Å². The molecule has 0 aliphatic carbocycles. The van der Waals surface area contributed by atoms with Gasteiger partial charge < -0.3 is 14.4 Å². The van der Waals surface area contributed by atoms with Gasteiger partial charge in [-0.3, -0.25) is 10.3 Å². The maximum Gasteiger partial charge on any atom is 0.433 e. The molecule has 8 nitrogen and oxygen atoms in total. The lowest BCUT2D eigenvalue weighted by atomic mass is 9.91. The van der Waals surface area contributed by atoms with Crippen LogP contribution in [0.15, 0.2) is 60.6 Å². The number of carbonyl (C=O) groups is 1. The van der Waals surface area contributed by atoms with Crippen LogP contribution in [0.2, 0.25) is 0 Å². The molecule has 1 atom stereocenters. The minimum Gasteiger partial charge on any atom is -0.480 e. The van der Waals surface area contributed by atoms with E-state index in [0.717, 1.165) is 17.8 Å². The summed E-state index contributed by atoms with van der Waals surface area (Å²) in [7, 11) is 1.48. The number of likely N-dealkylation sites (tertiary alicyclic amines) is 1. The zero-order chi connectivity index (χ0) is 25.7. The molecule has 3 heterocycles. The summed E-state index contributed by atoms with van der Waals surface area (Å²) in [6, 6.07) is 9.10. The molecule has 1 saturated heterocycles. The molecule has 3 aromatic rings. The van der Waals surface area contributed by atoms with Crippen LogP contribution < -0.4 is 14.8 Å². The molecule has 0 radical (unpaired) electrons. The van der Waals surface area contributed by atoms with Gasteiger partial charge in [-0.2, -0.15) is 18.2 Å². The standard InChI is InChI=1S/C25H24F3N5O3/c1-16-15-33(24(34)32-22-13-29-14-23(31-22)35-2)9-8-18(16)10-17-4-3-5-19(11-17)36-20-6-7-21(30-12-20)25(26,27)28/h3-7,10-14,16H,8-9,15H2,1-2H3,(H,31,32,34). The van der Waals surface area contributed by atoms with Gasteiger partial charge >= 0.3 is 12.2 Å². The van der Waals surface area contributed by atoms with Gasteiger partial charge in [0.1, 0.15) is 17.2 Å². The number of rotatable bonds is 5. The minimum absolute atomic E-state index is 0.115. The number of urea groups is 1. The van der Waals surface area contributed by atoms with Crippen molar-refractivity contribution in [2.45, 2.75) is 19.5 Å². The maximum absolute atomic E-state index is 12.7. The van der Waals surface area contributed by atoms with Crippen molar-refractivity contribution in [3.05, 3.63) is 71.8 Å². The zero-order valence-corrected chi connectivity index (χ0v) is 19.6. The second kappa shape index (κ2) is 10.6. The number of nitrogens with zero attached hydrogens (tertiary/aromatic N) is 4. The number of anilines is 1. The zero-order valence-electron chi connectivity index (χ0n) is 19.6. The van der Waals surface area contributed by atoms with Gasteiger partial charge in [0.05, 0.1) is 25.7 Å². The number of nitrogens with one attached hydrogen (secondary N) is 1. The van der Waals surface area contributed by atoms with E-state index in [4.69, 9.17) is 9.47 Å². The number of ether oxygens (including phenoxy) is 2. The number of halogens is 3. The third kappa shape index (κ3) is 6.29. The first-order chi connectivity index (χ1) is 17.2. The number of hydrogen-bond donors (Lipinski definition) is 1. The Morgan fingerprint density at radius 2 is 2.00 bits per heavy atom. The quantitative estimate of drug-likeness (QED) is 0.488. The van der Waals surface area contributed by atoms with Crippen molar-refractivity contribution in [3.8, 4) is 17.4 Å². The fourth-order valence-electron chi connectivity index (χ4n) is 3.77. The fourth-order valence-corrected chi connectivity index (χ4v) is 3.77. The lowest BCUT2D eigenvalue weighted by molar-refractivity contribution is -0.141. The lowest BCUT2D eigenvalue weighted by Gasteiger charge is -2.33. The molecule has 1 N–H and O–H groups in total. The number of carbonyl (C=O) groups excluding carboxylic acids is 1. The molecule has 0 bridgehead atoms. The highest BCUT2D eigenvalue weighted by Gasteiger charge is 2.32. The van der Waals surface area contributed by atoms with Crippen molar-refractivity contribution < 1.29 is 27.4 Å². The molecule has 36 heavy (non-hydrogen) atoms. The van der Waals surface area contributed by atoms with Crippen molar-refractivity contribution in [1.29, 1.82) is 0 Å². The molecular weight excluding hydrogens is 475 g/mol. The molecule has 1 unspecified atom stereocenters. The van der Waals surface area contributed by atoms with Gasteiger partial charge in [0, 0.05) is 13.1 Å². The molecule has 1 aromatic carbocycles. The maximum atomic E-state index is 12.7. The summed E-state index contributed by atoms with van der Waals surface area (Å²) in [6.07, 6.45) is 2.19. The van der Waals surface area contributed by atoms with Crippen molar-refractivity contribution in [3.63, 3.8) is 0 Å². The van der Waals surface area contributed by atoms with Gasteiger partial charge in [-0.05, 0) is 42.2 Å². The normalized spacial score (nSPS) is 17.1. The second-order valence-corrected chi connectivity index (χ2v) is 8.24. The summed E-state index contributed by atoms with van der Waals surface area (Å²) in [4.78, 5) is 25.9. The number of alkyl halides is 3. The lowest BCUT2D eigenvalue weighted by Crippen LogP contribution is -2.42. The Morgan fingerprint density at radius 1 is 1.17 bits per heavy atom. The van der Waals surface area contributed by atoms with E-state index in [2.05, 4.69) is 20.3 Å². The first-order valence-corrected chi connectivity index (χ1v) is 11.1. The van der Waals surface area contributed by atoms with E-state index in [0.29, 0.717) is 37.0 Å². The molecule has 188 valence electrons. The van der Waals surface area contributed by atoms with Gasteiger partial charge in [0.25, 0.3) is 0 Å².